The summed E-state index contributed by atoms with van der Waals surface area (Å²) in [5, 5.41) is 11.7. The second-order valence-corrected chi connectivity index (χ2v) is 6.87. The summed E-state index contributed by atoms with van der Waals surface area (Å²) in [6.45, 7) is 0.386. The van der Waals surface area contributed by atoms with Gasteiger partial charge < -0.3 is 15.6 Å². The highest BCUT2D eigenvalue weighted by Gasteiger charge is 2.69. The number of H-pyrrole nitrogens is 1. The lowest BCUT2D eigenvalue weighted by Gasteiger charge is -2.35. The van der Waals surface area contributed by atoms with Gasteiger partial charge in [-0.2, -0.15) is 31.3 Å². The minimum absolute atomic E-state index is 0.0835. The summed E-state index contributed by atoms with van der Waals surface area (Å²) in [4.78, 5) is 21.7. The molecule has 0 unspecified atom stereocenters. The molecule has 1 saturated heterocycles. The third-order valence-corrected chi connectivity index (χ3v) is 4.93. The Morgan fingerprint density at radius 1 is 1.30 bits per heavy atom. The van der Waals surface area contributed by atoms with Crippen molar-refractivity contribution in [3.05, 3.63) is 16.7 Å². The highest BCUT2D eigenvalue weighted by Crippen LogP contribution is 2.40. The molecule has 3 heterocycles. The van der Waals surface area contributed by atoms with Crippen LogP contribution in [0, 0.1) is 5.92 Å². The Balaban J connectivity index is 1.85. The van der Waals surface area contributed by atoms with Crippen LogP contribution in [-0.4, -0.2) is 61.4 Å². The van der Waals surface area contributed by atoms with Crippen molar-refractivity contribution in [2.75, 3.05) is 12.3 Å². The first kappa shape index (κ1) is 22.3. The van der Waals surface area contributed by atoms with E-state index in [0.717, 1.165) is 10.9 Å². The van der Waals surface area contributed by atoms with Crippen molar-refractivity contribution in [1.29, 1.82) is 0 Å². The van der Waals surface area contributed by atoms with Gasteiger partial charge in [-0.15, -0.1) is 0 Å². The van der Waals surface area contributed by atoms with Crippen molar-refractivity contribution in [3.8, 4) is 0 Å². The zero-order valence-corrected chi connectivity index (χ0v) is 15.1. The number of hydrogen-bond donors (Lipinski definition) is 5. The number of nitrogen functional groups attached to an aromatic ring is 1. The Kier molecular flexibility index (Phi) is 5.25. The Hall–Kier alpha value is -2.43. The largest absolute Gasteiger partial charge is 0.428 e. The van der Waals surface area contributed by atoms with E-state index in [9.17, 15) is 36.2 Å². The van der Waals surface area contributed by atoms with Crippen molar-refractivity contribution in [1.82, 2.24) is 24.8 Å². The third kappa shape index (κ3) is 3.48. The number of anilines is 1. The molecular formula is C14H17F6N7O3. The molecule has 0 aromatic carbocycles. The van der Waals surface area contributed by atoms with Gasteiger partial charge in [0.1, 0.15) is 6.10 Å². The molecule has 3 rings (SSSR count). The number of hydrogen-bond acceptors (Lipinski definition) is 8. The van der Waals surface area contributed by atoms with E-state index in [2.05, 4.69) is 20.7 Å². The number of imidazole rings is 1. The van der Waals surface area contributed by atoms with Crippen molar-refractivity contribution < 1.29 is 36.2 Å². The molecular weight excluding hydrogens is 428 g/mol. The molecule has 0 radical (unpaired) electrons. The zero-order chi connectivity index (χ0) is 22.6. The maximum atomic E-state index is 12.9. The number of aromatic amines is 1. The maximum Gasteiger partial charge on any atom is 0.428 e. The minimum Gasteiger partial charge on any atom is -0.388 e. The van der Waals surface area contributed by atoms with E-state index in [1.165, 1.54) is 12.2 Å². The highest BCUT2D eigenvalue weighted by molar-refractivity contribution is 5.70. The molecule has 0 aliphatic carbocycles. The minimum atomic E-state index is -5.84. The predicted octanol–water partition coefficient (Wildman–Crippen LogP) is -0.0346. The predicted molar refractivity (Wildman–Crippen MR) is 88.7 cm³/mol. The number of nitrogens with two attached hydrogens (primary N) is 2. The van der Waals surface area contributed by atoms with Gasteiger partial charge in [-0.1, -0.05) is 6.92 Å². The molecule has 0 bridgehead atoms. The number of fused-ring (bicyclic) bond motifs is 1. The highest BCUT2D eigenvalue weighted by atomic mass is 19.4. The Morgan fingerprint density at radius 3 is 2.47 bits per heavy atom. The topological polar surface area (TPSA) is 157 Å². The van der Waals surface area contributed by atoms with Gasteiger partial charge in [0.05, 0.1) is 12.4 Å². The number of nitrogens with one attached hydrogen (secondary N) is 2. The molecule has 16 heteroatoms. The summed E-state index contributed by atoms with van der Waals surface area (Å²) >= 11 is 0. The average molecular weight is 445 g/mol. The summed E-state index contributed by atoms with van der Waals surface area (Å²) in [6.07, 6.45) is -14.6. The van der Waals surface area contributed by atoms with Gasteiger partial charge in [-0.25, -0.2) is 4.98 Å². The average Bonchev–Trinajstić information content (AvgIpc) is 3.13. The van der Waals surface area contributed by atoms with E-state index in [0.29, 0.717) is 0 Å². The fraction of sp³-hybridized carbons (Fsp3) is 0.643. The lowest BCUT2D eigenvalue weighted by molar-refractivity contribution is -0.307. The van der Waals surface area contributed by atoms with Crippen LogP contribution < -0.4 is 22.3 Å². The van der Waals surface area contributed by atoms with Crippen molar-refractivity contribution in [2.45, 2.75) is 43.4 Å². The Labute approximate surface area is 163 Å². The monoisotopic (exact) mass is 445 g/mol. The number of ether oxygens (including phenoxy) is 1. The number of aliphatic hydroxyl groups is 1. The summed E-state index contributed by atoms with van der Waals surface area (Å²) in [5.41, 5.74) is 4.48. The van der Waals surface area contributed by atoms with Crippen LogP contribution in [0.1, 0.15) is 13.2 Å². The summed E-state index contributed by atoms with van der Waals surface area (Å²) in [6, 6.07) is 0. The van der Waals surface area contributed by atoms with Crippen LogP contribution in [0.25, 0.3) is 11.2 Å². The van der Waals surface area contributed by atoms with Crippen LogP contribution in [0.15, 0.2) is 11.1 Å². The molecule has 1 aliphatic heterocycles. The van der Waals surface area contributed by atoms with E-state index in [-0.39, 0.29) is 17.1 Å². The molecule has 0 amide bonds. The zero-order valence-electron chi connectivity index (χ0n) is 15.1. The molecule has 30 heavy (non-hydrogen) atoms. The maximum absolute atomic E-state index is 12.9. The standard InChI is InChI=1S/C14H17F6N7O3/c1-4-5(2-24-12(22,13(15,16)17)14(18,19)20)30-10(7(4)28)27-3-23-6-8(27)25-11(21)26-9(6)29/h3-5,7,10,24,28H,2,22H2,1H3,(H3,21,25,26,29)/t4-,5-,7-,10-/m1/s1. The number of halogens is 6. The lowest BCUT2D eigenvalue weighted by atomic mass is 9.99. The van der Waals surface area contributed by atoms with Gasteiger partial charge in [-0.05, 0) is 0 Å². The summed E-state index contributed by atoms with van der Waals surface area (Å²) < 4.78 is 84.2. The van der Waals surface area contributed by atoms with E-state index in [4.69, 9.17) is 10.5 Å². The normalized spacial score (nSPS) is 25.9. The smallest absolute Gasteiger partial charge is 0.388 e. The quantitative estimate of drug-likeness (QED) is 0.324. The molecule has 2 aromatic heterocycles. The summed E-state index contributed by atoms with van der Waals surface area (Å²) in [5.74, 6) is -1.18. The van der Waals surface area contributed by atoms with E-state index in [1.807, 2.05) is 0 Å². The van der Waals surface area contributed by atoms with Gasteiger partial charge in [-0.3, -0.25) is 25.4 Å². The first-order valence-electron chi connectivity index (χ1n) is 8.40. The second-order valence-electron chi connectivity index (χ2n) is 6.87. The van der Waals surface area contributed by atoms with Crippen molar-refractivity contribution in [2.24, 2.45) is 11.7 Å². The number of aromatic nitrogens is 4. The van der Waals surface area contributed by atoms with Crippen molar-refractivity contribution in [3.63, 3.8) is 0 Å². The molecule has 1 aliphatic rings. The summed E-state index contributed by atoms with van der Waals surface area (Å²) in [7, 11) is 0. The van der Waals surface area contributed by atoms with E-state index >= 15 is 0 Å². The fourth-order valence-corrected chi connectivity index (χ4v) is 3.08. The van der Waals surface area contributed by atoms with E-state index in [1.54, 1.807) is 0 Å². The van der Waals surface area contributed by atoms with Crippen molar-refractivity contribution >= 4 is 17.1 Å². The molecule has 10 nitrogen and oxygen atoms in total. The van der Waals surface area contributed by atoms with Gasteiger partial charge >= 0.3 is 12.4 Å². The molecule has 4 atom stereocenters. The lowest BCUT2D eigenvalue weighted by Crippen LogP contribution is -2.73. The third-order valence-electron chi connectivity index (χ3n) is 4.93. The Bertz CT molecular complexity index is 973. The molecule has 0 spiro atoms. The second kappa shape index (κ2) is 7.07. The molecule has 7 N–H and O–H groups in total. The van der Waals surface area contributed by atoms with Crippen LogP contribution in [0.5, 0.6) is 0 Å². The van der Waals surface area contributed by atoms with Crippen LogP contribution in [0.3, 0.4) is 0 Å². The van der Waals surface area contributed by atoms with Crippen LogP contribution in [-0.2, 0) is 4.74 Å². The molecule has 2 aromatic rings. The van der Waals surface area contributed by atoms with Crippen LogP contribution in [0.4, 0.5) is 32.3 Å². The first-order valence-corrected chi connectivity index (χ1v) is 8.40. The fourth-order valence-electron chi connectivity index (χ4n) is 3.08. The van der Waals surface area contributed by atoms with Gasteiger partial charge in [0, 0.05) is 12.5 Å². The van der Waals surface area contributed by atoms with Crippen LogP contribution >= 0.6 is 0 Å². The first-order chi connectivity index (χ1) is 13.7. The SMILES string of the molecule is C[C@H]1[C@@H](O)[C@H](n2cnc3c(=O)[nH]c(N)nc32)O[C@@H]1CNC(N)(C(F)(F)F)C(F)(F)F. The molecule has 0 saturated carbocycles. The number of nitrogens with zero attached hydrogens (tertiary/aromatic N) is 3. The van der Waals surface area contributed by atoms with E-state index < -0.39 is 54.5 Å². The number of rotatable bonds is 4. The Morgan fingerprint density at radius 2 is 1.90 bits per heavy atom. The number of aliphatic hydroxyl groups excluding tert-OH is 1. The van der Waals surface area contributed by atoms with Gasteiger partial charge in [0.25, 0.3) is 11.2 Å². The molecule has 1 fully saturated rings. The molecule has 168 valence electrons. The van der Waals surface area contributed by atoms with Gasteiger partial charge in [0.15, 0.2) is 17.4 Å². The van der Waals surface area contributed by atoms with Crippen LogP contribution in [0.2, 0.25) is 0 Å². The number of alkyl halides is 6. The van der Waals surface area contributed by atoms with Gasteiger partial charge in [0.2, 0.25) is 5.95 Å².